The Kier molecular flexibility index (Phi) is 3.37. The maximum Gasteiger partial charge on any atom is 0.510 e. The predicted molar refractivity (Wildman–Crippen MR) is 52.4 cm³/mol. The molecule has 1 rings (SSSR count). The number of hydrogen-bond acceptors (Lipinski definition) is 4. The second-order valence-electron chi connectivity index (χ2n) is 4.49. The van der Waals surface area contributed by atoms with Crippen LogP contribution in [0.15, 0.2) is 0 Å². The summed E-state index contributed by atoms with van der Waals surface area (Å²) in [7, 11) is 1.91. The van der Waals surface area contributed by atoms with Crippen molar-refractivity contribution in [3.8, 4) is 0 Å². The standard InChI is InChI=1S/C10H18NO3/c1-10(2,3)14-9(12)13-8-6-5-7-11(8)4/h5-7H2,1-4H3. The number of ether oxygens (including phenoxy) is 2. The molecule has 0 bridgehead atoms. The summed E-state index contributed by atoms with van der Waals surface area (Å²) in [6, 6.07) is 0. The lowest BCUT2D eigenvalue weighted by Gasteiger charge is -2.22. The smallest absolute Gasteiger partial charge is 0.429 e. The van der Waals surface area contributed by atoms with Crippen molar-refractivity contribution in [2.45, 2.75) is 39.2 Å². The number of hydrogen-bond donors (Lipinski definition) is 0. The summed E-state index contributed by atoms with van der Waals surface area (Å²) in [4.78, 5) is 13.2. The first kappa shape index (κ1) is 11.3. The van der Waals surface area contributed by atoms with Crippen LogP contribution in [0.3, 0.4) is 0 Å². The van der Waals surface area contributed by atoms with Gasteiger partial charge in [0.05, 0.1) is 0 Å². The van der Waals surface area contributed by atoms with Gasteiger partial charge in [0.25, 0.3) is 0 Å². The summed E-state index contributed by atoms with van der Waals surface area (Å²) in [5.41, 5.74) is -0.491. The van der Waals surface area contributed by atoms with Crippen molar-refractivity contribution in [2.24, 2.45) is 0 Å². The summed E-state index contributed by atoms with van der Waals surface area (Å²) < 4.78 is 10.1. The Bertz CT molecular complexity index is 210. The zero-order valence-electron chi connectivity index (χ0n) is 9.29. The van der Waals surface area contributed by atoms with Crippen LogP contribution in [0.2, 0.25) is 0 Å². The van der Waals surface area contributed by atoms with Crippen molar-refractivity contribution < 1.29 is 14.3 Å². The SMILES string of the molecule is CN1CCC[C]1OC(=O)OC(C)(C)C. The van der Waals surface area contributed by atoms with Crippen molar-refractivity contribution in [3.63, 3.8) is 0 Å². The second kappa shape index (κ2) is 4.17. The lowest BCUT2D eigenvalue weighted by atomic mass is 10.2. The van der Waals surface area contributed by atoms with E-state index < -0.39 is 11.8 Å². The Labute approximate surface area is 85.2 Å². The minimum absolute atomic E-state index is 0.491. The number of likely N-dealkylation sites (tertiary alicyclic amines) is 1. The molecule has 0 spiro atoms. The van der Waals surface area contributed by atoms with Gasteiger partial charge in [-0.2, -0.15) is 0 Å². The number of carbonyl (C=O) groups is 1. The highest BCUT2D eigenvalue weighted by molar-refractivity contribution is 5.61. The van der Waals surface area contributed by atoms with Crippen molar-refractivity contribution in [1.29, 1.82) is 0 Å². The van der Waals surface area contributed by atoms with Crippen molar-refractivity contribution in [3.05, 3.63) is 6.23 Å². The Balaban J connectivity index is 2.33. The van der Waals surface area contributed by atoms with Crippen LogP contribution >= 0.6 is 0 Å². The largest absolute Gasteiger partial charge is 0.510 e. The molecule has 81 valence electrons. The highest BCUT2D eigenvalue weighted by Gasteiger charge is 2.28. The van der Waals surface area contributed by atoms with Gasteiger partial charge in [-0.1, -0.05) is 0 Å². The lowest BCUT2D eigenvalue weighted by Crippen LogP contribution is -2.28. The molecule has 0 unspecified atom stereocenters. The van der Waals surface area contributed by atoms with E-state index in [1.54, 1.807) is 0 Å². The van der Waals surface area contributed by atoms with Gasteiger partial charge in [0.2, 0.25) is 6.23 Å². The molecule has 0 amide bonds. The molecule has 0 aromatic heterocycles. The van der Waals surface area contributed by atoms with Gasteiger partial charge >= 0.3 is 6.16 Å². The maximum absolute atomic E-state index is 11.3. The first-order chi connectivity index (χ1) is 6.38. The summed E-state index contributed by atoms with van der Waals surface area (Å²) in [5, 5.41) is 0. The molecule has 0 aromatic carbocycles. The lowest BCUT2D eigenvalue weighted by molar-refractivity contribution is -0.0187. The van der Waals surface area contributed by atoms with Gasteiger partial charge in [0.15, 0.2) is 0 Å². The van der Waals surface area contributed by atoms with E-state index in [1.807, 2.05) is 32.7 Å². The summed E-state index contributed by atoms with van der Waals surface area (Å²) in [6.45, 7) is 6.39. The third-order valence-corrected chi connectivity index (χ3v) is 1.90. The van der Waals surface area contributed by atoms with Crippen LogP contribution in [0.4, 0.5) is 4.79 Å². The molecule has 0 aliphatic carbocycles. The van der Waals surface area contributed by atoms with Crippen LogP contribution in [0, 0.1) is 6.23 Å². The molecule has 1 aliphatic heterocycles. The Morgan fingerprint density at radius 2 is 2.07 bits per heavy atom. The molecule has 4 heteroatoms. The number of nitrogens with zero attached hydrogens (tertiary/aromatic N) is 1. The maximum atomic E-state index is 11.3. The quantitative estimate of drug-likeness (QED) is 0.608. The summed E-state index contributed by atoms with van der Waals surface area (Å²) in [5.74, 6) is 0. The topological polar surface area (TPSA) is 38.8 Å². The monoisotopic (exact) mass is 200 g/mol. The minimum atomic E-state index is -0.610. The third kappa shape index (κ3) is 3.54. The fraction of sp³-hybridized carbons (Fsp3) is 0.800. The molecule has 1 radical (unpaired) electrons. The average molecular weight is 200 g/mol. The van der Waals surface area contributed by atoms with Crippen molar-refractivity contribution in [2.75, 3.05) is 13.6 Å². The van der Waals surface area contributed by atoms with Gasteiger partial charge in [-0.05, 0) is 34.2 Å². The molecule has 1 saturated heterocycles. The Morgan fingerprint density at radius 3 is 2.50 bits per heavy atom. The van der Waals surface area contributed by atoms with E-state index in [2.05, 4.69) is 0 Å². The van der Waals surface area contributed by atoms with Crippen molar-refractivity contribution >= 4 is 6.16 Å². The Hall–Kier alpha value is -0.770. The zero-order chi connectivity index (χ0) is 10.8. The van der Waals surface area contributed by atoms with E-state index in [4.69, 9.17) is 9.47 Å². The molecule has 0 atom stereocenters. The molecule has 0 saturated carbocycles. The van der Waals surface area contributed by atoms with Gasteiger partial charge in [0.1, 0.15) is 5.60 Å². The molecule has 1 aliphatic rings. The first-order valence-corrected chi connectivity index (χ1v) is 4.86. The van der Waals surface area contributed by atoms with Crippen LogP contribution in [0.5, 0.6) is 0 Å². The van der Waals surface area contributed by atoms with Crippen LogP contribution in [0.1, 0.15) is 33.6 Å². The molecular formula is C10H18NO3. The van der Waals surface area contributed by atoms with Gasteiger partial charge < -0.3 is 9.47 Å². The third-order valence-electron chi connectivity index (χ3n) is 1.90. The normalized spacial score (nSPS) is 19.7. The average Bonchev–Trinajstić information content (AvgIpc) is 2.32. The first-order valence-electron chi connectivity index (χ1n) is 4.86. The predicted octanol–water partition coefficient (Wildman–Crippen LogP) is 2.15. The van der Waals surface area contributed by atoms with Crippen LogP contribution in [-0.2, 0) is 9.47 Å². The van der Waals surface area contributed by atoms with Gasteiger partial charge in [-0.15, -0.1) is 0 Å². The summed E-state index contributed by atoms with van der Waals surface area (Å²) >= 11 is 0. The minimum Gasteiger partial charge on any atom is -0.429 e. The van der Waals surface area contributed by atoms with Gasteiger partial charge in [-0.25, -0.2) is 4.79 Å². The van der Waals surface area contributed by atoms with Gasteiger partial charge in [0, 0.05) is 13.0 Å². The zero-order valence-corrected chi connectivity index (χ0v) is 9.29. The van der Waals surface area contributed by atoms with E-state index in [-0.39, 0.29) is 0 Å². The van der Waals surface area contributed by atoms with E-state index in [0.29, 0.717) is 6.23 Å². The summed E-state index contributed by atoms with van der Waals surface area (Å²) in [6.07, 6.45) is 1.95. The van der Waals surface area contributed by atoms with E-state index in [0.717, 1.165) is 19.4 Å². The van der Waals surface area contributed by atoms with E-state index >= 15 is 0 Å². The van der Waals surface area contributed by atoms with Crippen LogP contribution in [0.25, 0.3) is 0 Å². The molecular weight excluding hydrogens is 182 g/mol. The number of rotatable bonds is 1. The fourth-order valence-corrected chi connectivity index (χ4v) is 1.28. The highest BCUT2D eigenvalue weighted by Crippen LogP contribution is 2.24. The molecule has 0 N–H and O–H groups in total. The second-order valence-corrected chi connectivity index (χ2v) is 4.49. The van der Waals surface area contributed by atoms with E-state index in [1.165, 1.54) is 0 Å². The highest BCUT2D eigenvalue weighted by atomic mass is 16.7. The number of carbonyl (C=O) groups excluding carboxylic acids is 1. The van der Waals surface area contributed by atoms with Gasteiger partial charge in [-0.3, -0.25) is 4.90 Å². The molecule has 1 heterocycles. The molecule has 0 aromatic rings. The van der Waals surface area contributed by atoms with Crippen LogP contribution in [-0.4, -0.2) is 30.2 Å². The fourth-order valence-electron chi connectivity index (χ4n) is 1.28. The molecule has 1 fully saturated rings. The van der Waals surface area contributed by atoms with Crippen LogP contribution < -0.4 is 0 Å². The van der Waals surface area contributed by atoms with E-state index in [9.17, 15) is 4.79 Å². The molecule has 14 heavy (non-hydrogen) atoms. The molecule has 4 nitrogen and oxygen atoms in total. The van der Waals surface area contributed by atoms with Crippen molar-refractivity contribution in [1.82, 2.24) is 4.90 Å². The Morgan fingerprint density at radius 1 is 1.43 bits per heavy atom.